The molecular weight excluding hydrogens is 384 g/mol. The Balaban J connectivity index is 1.71. The minimum atomic E-state index is -0.277. The summed E-state index contributed by atoms with van der Waals surface area (Å²) in [6.45, 7) is 7.56. The molecule has 28 heavy (non-hydrogen) atoms. The predicted octanol–water partition coefficient (Wildman–Crippen LogP) is 5.34. The monoisotopic (exact) mass is 410 g/mol. The number of hydrogen-bond acceptors (Lipinski definition) is 4. The van der Waals surface area contributed by atoms with Gasteiger partial charge in [-0.1, -0.05) is 79.0 Å². The van der Waals surface area contributed by atoms with E-state index in [1.54, 1.807) is 23.5 Å². The SMILES string of the molecule is CC1(c2ccccc2)CC(C)(C)N(C(=O)CSC2=NCCS2)c2ccccc21. The molecule has 1 unspecified atom stereocenters. The molecule has 0 aliphatic carbocycles. The Kier molecular flexibility index (Phi) is 5.32. The number of hydrogen-bond donors (Lipinski definition) is 0. The summed E-state index contributed by atoms with van der Waals surface area (Å²) in [5.41, 5.74) is 3.16. The Labute approximate surface area is 176 Å². The number of anilines is 1. The van der Waals surface area contributed by atoms with Crippen molar-refractivity contribution in [1.82, 2.24) is 0 Å². The Morgan fingerprint density at radius 1 is 1.11 bits per heavy atom. The van der Waals surface area contributed by atoms with Crippen LogP contribution >= 0.6 is 23.5 Å². The topological polar surface area (TPSA) is 32.7 Å². The zero-order chi connectivity index (χ0) is 19.8. The normalized spacial score (nSPS) is 23.2. The maximum absolute atomic E-state index is 13.3. The summed E-state index contributed by atoms with van der Waals surface area (Å²) in [6, 6.07) is 19.1. The van der Waals surface area contributed by atoms with Crippen LogP contribution < -0.4 is 4.90 Å². The summed E-state index contributed by atoms with van der Waals surface area (Å²) < 4.78 is 1.05. The van der Waals surface area contributed by atoms with Gasteiger partial charge in [-0.05, 0) is 37.5 Å². The number of rotatable bonds is 3. The van der Waals surface area contributed by atoms with Crippen LogP contribution in [0.3, 0.4) is 0 Å². The first kappa shape index (κ1) is 19.6. The second-order valence-electron chi connectivity index (χ2n) is 8.22. The van der Waals surface area contributed by atoms with Crippen molar-refractivity contribution in [3.05, 3.63) is 65.7 Å². The summed E-state index contributed by atoms with van der Waals surface area (Å²) in [7, 11) is 0. The summed E-state index contributed by atoms with van der Waals surface area (Å²) in [4.78, 5) is 19.8. The number of para-hydroxylation sites is 1. The minimum Gasteiger partial charge on any atom is -0.306 e. The maximum atomic E-state index is 13.3. The molecule has 1 amide bonds. The molecule has 0 aromatic heterocycles. The van der Waals surface area contributed by atoms with E-state index in [-0.39, 0.29) is 16.9 Å². The smallest absolute Gasteiger partial charge is 0.237 e. The summed E-state index contributed by atoms with van der Waals surface area (Å²) in [5.74, 6) is 1.63. The van der Waals surface area contributed by atoms with Gasteiger partial charge in [0.25, 0.3) is 0 Å². The van der Waals surface area contributed by atoms with Crippen molar-refractivity contribution in [2.75, 3.05) is 23.0 Å². The average Bonchev–Trinajstić information content (AvgIpc) is 3.20. The van der Waals surface area contributed by atoms with Crippen LogP contribution in [0.25, 0.3) is 0 Å². The van der Waals surface area contributed by atoms with Gasteiger partial charge in [0.05, 0.1) is 12.3 Å². The van der Waals surface area contributed by atoms with Crippen molar-refractivity contribution >= 4 is 39.5 Å². The van der Waals surface area contributed by atoms with Crippen molar-refractivity contribution in [1.29, 1.82) is 0 Å². The Hall–Kier alpha value is -1.72. The fraction of sp³-hybridized carbons (Fsp3) is 0.391. The fourth-order valence-corrected chi connectivity index (χ4v) is 6.49. The van der Waals surface area contributed by atoms with Crippen LogP contribution in [-0.2, 0) is 10.2 Å². The van der Waals surface area contributed by atoms with Gasteiger partial charge in [0.1, 0.15) is 4.38 Å². The van der Waals surface area contributed by atoms with Crippen LogP contribution in [0.15, 0.2) is 59.6 Å². The first-order valence-corrected chi connectivity index (χ1v) is 11.7. The largest absolute Gasteiger partial charge is 0.306 e. The highest BCUT2D eigenvalue weighted by atomic mass is 32.2. The summed E-state index contributed by atoms with van der Waals surface area (Å²) >= 11 is 3.33. The zero-order valence-corrected chi connectivity index (χ0v) is 18.3. The highest BCUT2D eigenvalue weighted by Gasteiger charge is 2.47. The third kappa shape index (κ3) is 3.50. The van der Waals surface area contributed by atoms with E-state index in [9.17, 15) is 4.79 Å². The first-order valence-electron chi connectivity index (χ1n) is 9.70. The van der Waals surface area contributed by atoms with Crippen LogP contribution in [0.4, 0.5) is 5.69 Å². The number of fused-ring (bicyclic) bond motifs is 1. The van der Waals surface area contributed by atoms with Gasteiger partial charge in [-0.3, -0.25) is 9.79 Å². The highest BCUT2D eigenvalue weighted by molar-refractivity contribution is 8.39. The first-order chi connectivity index (χ1) is 13.4. The fourth-order valence-electron chi connectivity index (χ4n) is 4.63. The van der Waals surface area contributed by atoms with E-state index in [0.717, 1.165) is 28.8 Å². The van der Waals surface area contributed by atoms with E-state index in [4.69, 9.17) is 0 Å². The third-order valence-electron chi connectivity index (χ3n) is 5.67. The quantitative estimate of drug-likeness (QED) is 0.684. The molecular formula is C23H26N2OS2. The Morgan fingerprint density at radius 2 is 1.82 bits per heavy atom. The van der Waals surface area contributed by atoms with Gasteiger partial charge < -0.3 is 4.90 Å². The van der Waals surface area contributed by atoms with Crippen LogP contribution in [0.5, 0.6) is 0 Å². The number of aliphatic imine (C=N–C) groups is 1. The lowest BCUT2D eigenvalue weighted by Gasteiger charge is -2.51. The number of benzene rings is 2. The van der Waals surface area contributed by atoms with Crippen molar-refractivity contribution in [3.63, 3.8) is 0 Å². The Morgan fingerprint density at radius 3 is 2.54 bits per heavy atom. The van der Waals surface area contributed by atoms with Crippen LogP contribution in [0.2, 0.25) is 0 Å². The van der Waals surface area contributed by atoms with E-state index in [2.05, 4.69) is 74.3 Å². The number of thioether (sulfide) groups is 2. The molecule has 5 heteroatoms. The van der Waals surface area contributed by atoms with E-state index < -0.39 is 0 Å². The summed E-state index contributed by atoms with van der Waals surface area (Å²) in [5, 5.41) is 0. The number of carbonyl (C=O) groups excluding carboxylic acids is 1. The minimum absolute atomic E-state index is 0.128. The lowest BCUT2D eigenvalue weighted by atomic mass is 9.65. The highest BCUT2D eigenvalue weighted by Crippen LogP contribution is 2.50. The maximum Gasteiger partial charge on any atom is 0.237 e. The third-order valence-corrected chi connectivity index (χ3v) is 7.91. The van der Waals surface area contributed by atoms with Gasteiger partial charge in [0, 0.05) is 22.4 Å². The molecule has 0 spiro atoms. The summed E-state index contributed by atoms with van der Waals surface area (Å²) in [6.07, 6.45) is 0.882. The zero-order valence-electron chi connectivity index (χ0n) is 16.6. The van der Waals surface area contributed by atoms with Gasteiger partial charge in [-0.15, -0.1) is 0 Å². The molecule has 0 saturated heterocycles. The van der Waals surface area contributed by atoms with E-state index in [1.807, 2.05) is 11.0 Å². The van der Waals surface area contributed by atoms with Gasteiger partial charge in [-0.25, -0.2) is 0 Å². The van der Waals surface area contributed by atoms with Gasteiger partial charge in [-0.2, -0.15) is 0 Å². The van der Waals surface area contributed by atoms with E-state index in [1.165, 1.54) is 11.1 Å². The molecule has 2 aromatic rings. The molecule has 2 aliphatic rings. The second kappa shape index (κ2) is 7.60. The van der Waals surface area contributed by atoms with E-state index >= 15 is 0 Å². The van der Waals surface area contributed by atoms with Crippen molar-refractivity contribution in [3.8, 4) is 0 Å². The molecule has 2 aromatic carbocycles. The van der Waals surface area contributed by atoms with E-state index in [0.29, 0.717) is 5.75 Å². The van der Waals surface area contributed by atoms with Crippen LogP contribution in [0.1, 0.15) is 38.3 Å². The molecule has 0 bridgehead atoms. The Bertz CT molecular complexity index is 910. The molecule has 0 radical (unpaired) electrons. The van der Waals surface area contributed by atoms with Gasteiger partial charge in [0.2, 0.25) is 5.91 Å². The molecule has 146 valence electrons. The lowest BCUT2D eigenvalue weighted by Crippen LogP contribution is -2.56. The van der Waals surface area contributed by atoms with Crippen LogP contribution in [-0.4, -0.2) is 33.9 Å². The number of carbonyl (C=O) groups is 1. The van der Waals surface area contributed by atoms with Gasteiger partial charge in [0.15, 0.2) is 0 Å². The molecule has 2 heterocycles. The standard InChI is InChI=1S/C23H26N2OS2/c1-22(2)16-23(3,17-9-5-4-6-10-17)18-11-7-8-12-19(18)25(22)20(26)15-28-21-24-13-14-27-21/h4-12H,13-16H2,1-3H3. The van der Waals surface area contributed by atoms with Crippen LogP contribution in [0, 0.1) is 0 Å². The van der Waals surface area contributed by atoms with Crippen molar-refractivity contribution in [2.45, 2.75) is 38.1 Å². The second-order valence-corrected chi connectivity index (χ2v) is 10.5. The average molecular weight is 411 g/mol. The molecule has 0 fully saturated rings. The molecule has 2 aliphatic heterocycles. The molecule has 1 atom stereocenters. The molecule has 4 rings (SSSR count). The number of amides is 1. The molecule has 0 N–H and O–H groups in total. The molecule has 3 nitrogen and oxygen atoms in total. The van der Waals surface area contributed by atoms with Gasteiger partial charge >= 0.3 is 0 Å². The predicted molar refractivity (Wildman–Crippen MR) is 123 cm³/mol. The lowest BCUT2D eigenvalue weighted by molar-refractivity contribution is -0.117. The number of nitrogens with zero attached hydrogens (tertiary/aromatic N) is 2. The molecule has 0 saturated carbocycles. The van der Waals surface area contributed by atoms with Crippen molar-refractivity contribution in [2.24, 2.45) is 4.99 Å². The van der Waals surface area contributed by atoms with Crippen molar-refractivity contribution < 1.29 is 4.79 Å².